The van der Waals surface area contributed by atoms with Gasteiger partial charge in [0.05, 0.1) is 70.0 Å². The number of benzene rings is 2. The van der Waals surface area contributed by atoms with E-state index < -0.39 is 0 Å². The summed E-state index contributed by atoms with van der Waals surface area (Å²) in [7, 11) is 3.94. The van der Waals surface area contributed by atoms with Gasteiger partial charge in [0.15, 0.2) is 0 Å². The van der Waals surface area contributed by atoms with Crippen molar-refractivity contribution in [3.63, 3.8) is 0 Å². The van der Waals surface area contributed by atoms with Crippen LogP contribution in [0.15, 0.2) is 184 Å². The van der Waals surface area contributed by atoms with Crippen LogP contribution >= 0.6 is 0 Å². The van der Waals surface area contributed by atoms with Gasteiger partial charge in [-0.15, -0.1) is 0 Å². The second-order valence-electron chi connectivity index (χ2n) is 14.0. The lowest BCUT2D eigenvalue weighted by atomic mass is 10.3. The highest BCUT2D eigenvalue weighted by Gasteiger charge is 1.98. The minimum atomic E-state index is 1.01. The van der Waals surface area contributed by atoms with E-state index in [1.165, 1.54) is 38.7 Å². The first-order valence-electron chi connectivity index (χ1n) is 19.5. The normalized spacial score (nSPS) is 10.5. The zero-order chi connectivity index (χ0) is 41.8. The van der Waals surface area contributed by atoms with E-state index in [4.69, 9.17) is 0 Å². The molecule has 300 valence electrons. The van der Waals surface area contributed by atoms with Crippen LogP contribution in [0.5, 0.6) is 0 Å². The maximum Gasteiger partial charge on any atom is 0.136 e. The minimum Gasteiger partial charge on any atom is -0.334 e. The fourth-order valence-electron chi connectivity index (χ4n) is 6.46. The Labute approximate surface area is 348 Å². The molecule has 0 aliphatic carbocycles. The highest BCUT2D eigenvalue weighted by Crippen LogP contribution is 2.11. The number of hydrogen-bond acceptors (Lipinski definition) is 6. The Morgan fingerprint density at radius 1 is 0.467 bits per heavy atom. The molecule has 12 heteroatoms. The largest absolute Gasteiger partial charge is 0.334 e. The van der Waals surface area contributed by atoms with Crippen LogP contribution in [0.3, 0.4) is 0 Å². The smallest absolute Gasteiger partial charge is 0.136 e. The number of nitrogens with zero attached hydrogens (tertiary/aromatic N) is 12. The number of aryl methyl sites for hydroxylation is 6. The van der Waals surface area contributed by atoms with Crippen LogP contribution < -0.4 is 0 Å². The molecule has 10 aromatic heterocycles. The third-order valence-corrected chi connectivity index (χ3v) is 9.77. The van der Waals surface area contributed by atoms with Crippen molar-refractivity contribution in [2.75, 3.05) is 0 Å². The van der Waals surface area contributed by atoms with Gasteiger partial charge in [-0.3, -0.25) is 4.68 Å². The van der Waals surface area contributed by atoms with E-state index in [0.29, 0.717) is 0 Å². The molecule has 0 saturated heterocycles. The molecule has 0 spiro atoms. The first kappa shape index (κ1) is 40.3. The third kappa shape index (κ3) is 9.63. The summed E-state index contributed by atoms with van der Waals surface area (Å²) in [6.45, 7) is 8.10. The molecule has 0 amide bonds. The summed E-state index contributed by atoms with van der Waals surface area (Å²) in [5.74, 6) is 1.04. The SMILES string of the molecule is Cc1cnc2ccccn12.Cc1cnn2ccccc12.Cc1ncc2ccccn12.Cc1ncn2ccccc12.Cn1cnc2ccccc21.Cn1ncc2ccccc21. The molecule has 0 saturated carbocycles. The summed E-state index contributed by atoms with van der Waals surface area (Å²) >= 11 is 0. The monoisotopic (exact) mass is 792 g/mol. The molecule has 2 aromatic carbocycles. The summed E-state index contributed by atoms with van der Waals surface area (Å²) in [6, 6.07) is 40.4. The predicted molar refractivity (Wildman–Crippen MR) is 241 cm³/mol. The molecule has 0 unspecified atom stereocenters. The zero-order valence-corrected chi connectivity index (χ0v) is 34.7. The van der Waals surface area contributed by atoms with Crippen molar-refractivity contribution >= 4 is 44.1 Å². The van der Waals surface area contributed by atoms with Crippen LogP contribution in [0.2, 0.25) is 0 Å². The first-order valence-corrected chi connectivity index (χ1v) is 19.5. The average molecular weight is 793 g/mol. The number of rotatable bonds is 0. The van der Waals surface area contributed by atoms with Crippen LogP contribution in [-0.4, -0.2) is 57.1 Å². The quantitative estimate of drug-likeness (QED) is 0.152. The average Bonchev–Trinajstić information content (AvgIpc) is 4.18. The van der Waals surface area contributed by atoms with Crippen LogP contribution in [0.1, 0.15) is 22.8 Å². The van der Waals surface area contributed by atoms with Crippen molar-refractivity contribution in [3.8, 4) is 0 Å². The number of para-hydroxylation sites is 3. The van der Waals surface area contributed by atoms with Crippen molar-refractivity contribution in [1.82, 2.24) is 57.1 Å². The number of aromatic nitrogens is 12. The van der Waals surface area contributed by atoms with Crippen molar-refractivity contribution in [3.05, 3.63) is 206 Å². The van der Waals surface area contributed by atoms with Gasteiger partial charge < -0.3 is 17.8 Å². The first-order chi connectivity index (χ1) is 29.3. The lowest BCUT2D eigenvalue weighted by Crippen LogP contribution is -1.87. The van der Waals surface area contributed by atoms with Crippen molar-refractivity contribution in [2.45, 2.75) is 27.7 Å². The van der Waals surface area contributed by atoms with Crippen LogP contribution in [0.25, 0.3) is 44.1 Å². The Balaban J connectivity index is 0.000000109. The van der Waals surface area contributed by atoms with Gasteiger partial charge in [-0.25, -0.2) is 24.5 Å². The number of pyridine rings is 4. The van der Waals surface area contributed by atoms with Crippen molar-refractivity contribution in [1.29, 1.82) is 0 Å². The van der Waals surface area contributed by atoms with E-state index in [1.807, 2.05) is 206 Å². The second kappa shape index (κ2) is 19.1. The van der Waals surface area contributed by atoms with Gasteiger partial charge >= 0.3 is 0 Å². The molecule has 0 atom stereocenters. The molecule has 0 fully saturated rings. The molecule has 0 bridgehead atoms. The summed E-state index contributed by atoms with van der Waals surface area (Å²) in [5.41, 5.74) is 11.4. The standard InChI is InChI=1S/6C8H8N2/c1-10-6-9-7-4-2-3-5-8(7)10;1-10-8-5-3-2-4-7(8)6-9-10;1-7-8-4-2-3-5-10(8)6-9-7;1-7-9-6-8-4-2-3-5-10(7)8;1-7-6-9-8-4-2-3-5-10(7)8;1-7-6-9-10-5-3-2-4-8(7)10/h6*2-6H,1H3. The summed E-state index contributed by atoms with van der Waals surface area (Å²) in [5, 5.41) is 9.45. The van der Waals surface area contributed by atoms with Gasteiger partial charge in [0.25, 0.3) is 0 Å². The van der Waals surface area contributed by atoms with E-state index >= 15 is 0 Å². The lowest BCUT2D eigenvalue weighted by Gasteiger charge is -1.91. The zero-order valence-electron chi connectivity index (χ0n) is 34.7. The summed E-state index contributed by atoms with van der Waals surface area (Å²) < 4.78 is 11.9. The maximum absolute atomic E-state index is 4.18. The number of hydrogen-bond donors (Lipinski definition) is 0. The maximum atomic E-state index is 4.18. The third-order valence-electron chi connectivity index (χ3n) is 9.77. The molecule has 60 heavy (non-hydrogen) atoms. The number of fused-ring (bicyclic) bond motifs is 6. The Kier molecular flexibility index (Phi) is 12.8. The molecule has 12 nitrogen and oxygen atoms in total. The Bertz CT molecular complexity index is 2650. The Morgan fingerprint density at radius 3 is 1.88 bits per heavy atom. The second-order valence-corrected chi connectivity index (χ2v) is 14.0. The van der Waals surface area contributed by atoms with Crippen LogP contribution in [-0.2, 0) is 14.1 Å². The van der Waals surface area contributed by atoms with Gasteiger partial charge in [-0.2, -0.15) is 10.2 Å². The van der Waals surface area contributed by atoms with Crippen molar-refractivity contribution in [2.24, 2.45) is 14.1 Å². The van der Waals surface area contributed by atoms with Gasteiger partial charge in [0.1, 0.15) is 11.5 Å². The highest BCUT2D eigenvalue weighted by atomic mass is 15.2. The molecule has 0 aliphatic heterocycles. The van der Waals surface area contributed by atoms with E-state index in [2.05, 4.69) is 76.2 Å². The van der Waals surface area contributed by atoms with Gasteiger partial charge in [-0.05, 0) is 100.0 Å². The topological polar surface area (TPSA) is 105 Å². The summed E-state index contributed by atoms with van der Waals surface area (Å²) in [6.07, 6.45) is 19.1. The van der Waals surface area contributed by atoms with Gasteiger partial charge in [-0.1, -0.05) is 54.6 Å². The molecule has 0 radical (unpaired) electrons. The predicted octanol–water partition coefficient (Wildman–Crippen LogP) is 9.72. The van der Waals surface area contributed by atoms with Gasteiger partial charge in [0, 0.05) is 56.2 Å². The molecule has 10 heterocycles. The molecular weight excluding hydrogens is 745 g/mol. The van der Waals surface area contributed by atoms with Crippen molar-refractivity contribution < 1.29 is 0 Å². The molecule has 12 rings (SSSR count). The van der Waals surface area contributed by atoms with E-state index in [9.17, 15) is 0 Å². The molecule has 0 aliphatic rings. The van der Waals surface area contributed by atoms with Crippen LogP contribution in [0.4, 0.5) is 0 Å². The summed E-state index contributed by atoms with van der Waals surface area (Å²) in [4.78, 5) is 16.7. The lowest BCUT2D eigenvalue weighted by molar-refractivity contribution is 0.797. The molecule has 0 N–H and O–H groups in total. The fraction of sp³-hybridized carbons (Fsp3) is 0.125. The molecule has 12 aromatic rings. The molecular formula is C48H48N12. The van der Waals surface area contributed by atoms with Crippen LogP contribution in [0, 0.1) is 27.7 Å². The van der Waals surface area contributed by atoms with E-state index in [0.717, 1.165) is 28.2 Å². The minimum absolute atomic E-state index is 1.01. The van der Waals surface area contributed by atoms with E-state index in [-0.39, 0.29) is 0 Å². The highest BCUT2D eigenvalue weighted by molar-refractivity contribution is 5.78. The Morgan fingerprint density at radius 2 is 1.13 bits per heavy atom. The Hall–Kier alpha value is -7.86. The van der Waals surface area contributed by atoms with Gasteiger partial charge in [0.2, 0.25) is 0 Å². The van der Waals surface area contributed by atoms with E-state index in [1.54, 1.807) is 0 Å². The number of imidazole rings is 4. The fourth-order valence-corrected chi connectivity index (χ4v) is 6.46.